The molecule has 23 heavy (non-hydrogen) atoms. The molecule has 3 rings (SSSR count). The molecule has 0 saturated heterocycles. The summed E-state index contributed by atoms with van der Waals surface area (Å²) in [7, 11) is 0. The lowest BCUT2D eigenvalue weighted by Crippen LogP contribution is -1.78. The number of aromatic hydroxyl groups is 2. The van der Waals surface area contributed by atoms with Crippen LogP contribution in [0.3, 0.4) is 0 Å². The smallest absolute Gasteiger partial charge is 0.115 e. The van der Waals surface area contributed by atoms with Crippen LogP contribution in [0.4, 0.5) is 0 Å². The van der Waals surface area contributed by atoms with Crippen molar-refractivity contribution < 1.29 is 10.2 Å². The van der Waals surface area contributed by atoms with E-state index in [2.05, 4.69) is 37.3 Å². The molecule has 0 unspecified atom stereocenters. The zero-order chi connectivity index (χ0) is 16.8. The van der Waals surface area contributed by atoms with Crippen LogP contribution < -0.4 is 0 Å². The van der Waals surface area contributed by atoms with Gasteiger partial charge in [0.25, 0.3) is 0 Å². The molecular weight excluding hydrogens is 284 g/mol. The Morgan fingerprint density at radius 2 is 0.913 bits per heavy atom. The van der Waals surface area contributed by atoms with E-state index in [4.69, 9.17) is 10.2 Å². The van der Waals surface area contributed by atoms with Crippen molar-refractivity contribution in [2.45, 2.75) is 19.8 Å². The lowest BCUT2D eigenvalue weighted by Gasteiger charge is -1.93. The number of phenols is 2. The van der Waals surface area contributed by atoms with Gasteiger partial charge in [-0.1, -0.05) is 80.1 Å². The van der Waals surface area contributed by atoms with Crippen LogP contribution in [-0.4, -0.2) is 10.2 Å². The molecule has 2 nitrogen and oxygen atoms in total. The Hall–Kier alpha value is -2.74. The minimum Gasteiger partial charge on any atom is -0.508 e. The molecule has 0 aromatic heterocycles. The van der Waals surface area contributed by atoms with E-state index < -0.39 is 0 Å². The molecule has 0 aliphatic heterocycles. The standard InChI is InChI=1S/C9H12.2C6H6O/c1-2-6-9-7-4-3-5-8-9;2*7-6-4-2-1-3-5-6/h3-5,7-8H,2,6H2,1H3;2*1-5,7H. The highest BCUT2D eigenvalue weighted by atomic mass is 16.3. The van der Waals surface area contributed by atoms with Crippen molar-refractivity contribution in [2.24, 2.45) is 0 Å². The molecule has 0 aliphatic carbocycles. The first-order valence-electron chi connectivity index (χ1n) is 7.74. The third-order valence-electron chi connectivity index (χ3n) is 2.89. The third kappa shape index (κ3) is 9.75. The van der Waals surface area contributed by atoms with Gasteiger partial charge in [0.05, 0.1) is 0 Å². The number of hydrogen-bond acceptors (Lipinski definition) is 2. The fourth-order valence-corrected chi connectivity index (χ4v) is 1.79. The Balaban J connectivity index is 0.000000175. The fourth-order valence-electron chi connectivity index (χ4n) is 1.79. The van der Waals surface area contributed by atoms with E-state index in [0.717, 1.165) is 0 Å². The van der Waals surface area contributed by atoms with E-state index in [1.807, 2.05) is 12.1 Å². The fraction of sp³-hybridized carbons (Fsp3) is 0.143. The molecule has 0 spiro atoms. The second-order valence-corrected chi connectivity index (χ2v) is 4.91. The Kier molecular flexibility index (Phi) is 9.45. The number of hydrogen-bond donors (Lipinski definition) is 2. The first kappa shape index (κ1) is 18.3. The number of para-hydroxylation sites is 2. The summed E-state index contributed by atoms with van der Waals surface area (Å²) < 4.78 is 0. The van der Waals surface area contributed by atoms with Gasteiger partial charge < -0.3 is 10.2 Å². The van der Waals surface area contributed by atoms with Crippen molar-refractivity contribution in [3.63, 3.8) is 0 Å². The second kappa shape index (κ2) is 11.9. The molecular formula is C21H24O2. The normalized spacial score (nSPS) is 8.91. The van der Waals surface area contributed by atoms with Gasteiger partial charge in [0.15, 0.2) is 0 Å². The highest BCUT2D eigenvalue weighted by Crippen LogP contribution is 2.03. The summed E-state index contributed by atoms with van der Waals surface area (Å²) in [5.74, 6) is 0.644. The van der Waals surface area contributed by atoms with Gasteiger partial charge in [-0.15, -0.1) is 0 Å². The monoisotopic (exact) mass is 308 g/mol. The summed E-state index contributed by atoms with van der Waals surface area (Å²) in [5.41, 5.74) is 1.44. The maximum Gasteiger partial charge on any atom is 0.115 e. The number of phenolic OH excluding ortho intramolecular Hbond substituents is 2. The Morgan fingerprint density at radius 1 is 0.565 bits per heavy atom. The highest BCUT2D eigenvalue weighted by Gasteiger charge is 1.84. The van der Waals surface area contributed by atoms with E-state index in [1.54, 1.807) is 48.5 Å². The van der Waals surface area contributed by atoms with Crippen molar-refractivity contribution >= 4 is 0 Å². The maximum absolute atomic E-state index is 8.63. The summed E-state index contributed by atoms with van der Waals surface area (Å²) in [4.78, 5) is 0. The average molecular weight is 308 g/mol. The summed E-state index contributed by atoms with van der Waals surface area (Å²) in [5, 5.41) is 17.3. The molecule has 0 amide bonds. The predicted molar refractivity (Wildman–Crippen MR) is 96.7 cm³/mol. The van der Waals surface area contributed by atoms with Crippen LogP contribution in [0, 0.1) is 0 Å². The molecule has 0 atom stereocenters. The van der Waals surface area contributed by atoms with Crippen LogP contribution in [0.5, 0.6) is 11.5 Å². The maximum atomic E-state index is 8.63. The Labute approximate surface area is 138 Å². The molecule has 2 N–H and O–H groups in total. The Morgan fingerprint density at radius 3 is 1.17 bits per heavy atom. The van der Waals surface area contributed by atoms with Crippen LogP contribution >= 0.6 is 0 Å². The summed E-state index contributed by atoms with van der Waals surface area (Å²) >= 11 is 0. The molecule has 0 radical (unpaired) electrons. The molecule has 2 heteroatoms. The van der Waals surface area contributed by atoms with Gasteiger partial charge in [0, 0.05) is 0 Å². The quantitative estimate of drug-likeness (QED) is 0.663. The van der Waals surface area contributed by atoms with Crippen molar-refractivity contribution in [1.82, 2.24) is 0 Å². The lowest BCUT2D eigenvalue weighted by atomic mass is 10.1. The molecule has 120 valence electrons. The van der Waals surface area contributed by atoms with Gasteiger partial charge in [-0.3, -0.25) is 0 Å². The summed E-state index contributed by atoms with van der Waals surface area (Å²) in [6, 6.07) is 28.0. The molecule has 3 aromatic rings. The average Bonchev–Trinajstić information content (AvgIpc) is 2.59. The van der Waals surface area contributed by atoms with Crippen LogP contribution in [-0.2, 0) is 6.42 Å². The van der Waals surface area contributed by atoms with Crippen molar-refractivity contribution in [2.75, 3.05) is 0 Å². The molecule has 3 aromatic carbocycles. The van der Waals surface area contributed by atoms with Crippen LogP contribution in [0.1, 0.15) is 18.9 Å². The van der Waals surface area contributed by atoms with E-state index in [1.165, 1.54) is 18.4 Å². The second-order valence-electron chi connectivity index (χ2n) is 4.91. The van der Waals surface area contributed by atoms with E-state index in [0.29, 0.717) is 11.5 Å². The van der Waals surface area contributed by atoms with Gasteiger partial charge >= 0.3 is 0 Å². The zero-order valence-electron chi connectivity index (χ0n) is 13.5. The molecule has 0 heterocycles. The summed E-state index contributed by atoms with van der Waals surface area (Å²) in [6.07, 6.45) is 2.45. The van der Waals surface area contributed by atoms with Crippen molar-refractivity contribution in [3.05, 3.63) is 96.6 Å². The number of rotatable bonds is 2. The van der Waals surface area contributed by atoms with Crippen LogP contribution in [0.25, 0.3) is 0 Å². The SMILES string of the molecule is CCCc1ccccc1.Oc1ccccc1.Oc1ccccc1. The minimum atomic E-state index is 0.322. The van der Waals surface area contributed by atoms with Crippen LogP contribution in [0.2, 0.25) is 0 Å². The van der Waals surface area contributed by atoms with Crippen LogP contribution in [0.15, 0.2) is 91.0 Å². The van der Waals surface area contributed by atoms with E-state index in [9.17, 15) is 0 Å². The van der Waals surface area contributed by atoms with Gasteiger partial charge in [-0.2, -0.15) is 0 Å². The van der Waals surface area contributed by atoms with Crippen molar-refractivity contribution in [1.29, 1.82) is 0 Å². The molecule has 0 bridgehead atoms. The third-order valence-corrected chi connectivity index (χ3v) is 2.89. The molecule has 0 aliphatic rings. The summed E-state index contributed by atoms with van der Waals surface area (Å²) in [6.45, 7) is 2.20. The number of aryl methyl sites for hydroxylation is 1. The van der Waals surface area contributed by atoms with Gasteiger partial charge in [0.1, 0.15) is 11.5 Å². The van der Waals surface area contributed by atoms with Gasteiger partial charge in [0.2, 0.25) is 0 Å². The van der Waals surface area contributed by atoms with Crippen molar-refractivity contribution in [3.8, 4) is 11.5 Å². The molecule has 0 fully saturated rings. The van der Waals surface area contributed by atoms with E-state index in [-0.39, 0.29) is 0 Å². The highest BCUT2D eigenvalue weighted by molar-refractivity contribution is 5.19. The first-order chi connectivity index (χ1) is 11.2. The van der Waals surface area contributed by atoms with Gasteiger partial charge in [-0.05, 0) is 36.2 Å². The lowest BCUT2D eigenvalue weighted by molar-refractivity contribution is 0.475. The molecule has 0 saturated carbocycles. The topological polar surface area (TPSA) is 40.5 Å². The first-order valence-corrected chi connectivity index (χ1v) is 7.74. The zero-order valence-corrected chi connectivity index (χ0v) is 13.5. The minimum absolute atomic E-state index is 0.322. The van der Waals surface area contributed by atoms with Gasteiger partial charge in [-0.25, -0.2) is 0 Å². The predicted octanol–water partition coefficient (Wildman–Crippen LogP) is 5.42. The Bertz CT molecular complexity index is 570. The van der Waals surface area contributed by atoms with E-state index >= 15 is 0 Å². The largest absolute Gasteiger partial charge is 0.508 e. The number of benzene rings is 3.